The largest absolute Gasteiger partial charge is 0.392 e. The minimum absolute atomic E-state index is 0.405. The molecule has 5 heteroatoms. The van der Waals surface area contributed by atoms with Gasteiger partial charge in [0.05, 0.1) is 6.10 Å². The minimum atomic E-state index is -0.405. The Hall–Kier alpha value is -0.870. The average molecular weight is 216 g/mol. The van der Waals surface area contributed by atoms with Gasteiger partial charge in [-0.05, 0) is 25.0 Å². The van der Waals surface area contributed by atoms with Crippen molar-refractivity contribution in [1.29, 1.82) is 0 Å². The molecule has 0 aliphatic carbocycles. The van der Waals surface area contributed by atoms with Crippen LogP contribution in [0, 0.1) is 0 Å². The maximum absolute atomic E-state index is 9.06. The van der Waals surface area contributed by atoms with Gasteiger partial charge in [0, 0.05) is 6.54 Å². The fourth-order valence-corrected chi connectivity index (χ4v) is 1.23. The molecule has 0 aliphatic heterocycles. The molecule has 1 heterocycles. The fraction of sp³-hybridized carbons (Fsp3) is 0.556. The van der Waals surface area contributed by atoms with Crippen LogP contribution in [0.2, 0.25) is 5.15 Å². The van der Waals surface area contributed by atoms with Gasteiger partial charge in [-0.2, -0.15) is 0 Å². The predicted molar refractivity (Wildman–Crippen MR) is 56.6 cm³/mol. The molecule has 4 nitrogen and oxygen atoms in total. The van der Waals surface area contributed by atoms with Crippen LogP contribution in [0.3, 0.4) is 0 Å². The number of nitrogens with one attached hydrogen (secondary N) is 1. The summed E-state index contributed by atoms with van der Waals surface area (Å²) in [5.41, 5.74) is 0.953. The van der Waals surface area contributed by atoms with Crippen molar-refractivity contribution in [2.45, 2.75) is 26.4 Å². The van der Waals surface area contributed by atoms with Gasteiger partial charge in [0.1, 0.15) is 5.82 Å². The second-order valence-corrected chi connectivity index (χ2v) is 3.49. The molecule has 0 fully saturated rings. The van der Waals surface area contributed by atoms with Crippen LogP contribution >= 0.6 is 11.6 Å². The number of aryl methyl sites for hydroxylation is 1. The van der Waals surface area contributed by atoms with E-state index in [9.17, 15) is 0 Å². The zero-order chi connectivity index (χ0) is 10.6. The summed E-state index contributed by atoms with van der Waals surface area (Å²) in [5.74, 6) is 0.646. The van der Waals surface area contributed by atoms with Gasteiger partial charge in [-0.25, -0.2) is 0 Å². The lowest BCUT2D eigenvalue weighted by molar-refractivity contribution is 0.208. The summed E-state index contributed by atoms with van der Waals surface area (Å²) in [6, 6.07) is 1.84. The molecule has 1 aromatic rings. The van der Waals surface area contributed by atoms with Gasteiger partial charge in [0.15, 0.2) is 5.15 Å². The number of nitrogens with zero attached hydrogens (tertiary/aromatic N) is 2. The molecule has 0 unspecified atom stereocenters. The molecule has 1 aromatic heterocycles. The van der Waals surface area contributed by atoms with Crippen LogP contribution in [-0.4, -0.2) is 28.0 Å². The Morgan fingerprint density at radius 2 is 2.29 bits per heavy atom. The highest BCUT2D eigenvalue weighted by Crippen LogP contribution is 2.15. The summed E-state index contributed by atoms with van der Waals surface area (Å²) < 4.78 is 0. The smallest absolute Gasteiger partial charge is 0.155 e. The summed E-state index contributed by atoms with van der Waals surface area (Å²) in [4.78, 5) is 0. The van der Waals surface area contributed by atoms with E-state index in [0.29, 0.717) is 17.5 Å². The van der Waals surface area contributed by atoms with Crippen LogP contribution in [0.1, 0.15) is 19.4 Å². The number of halogens is 1. The molecular weight excluding hydrogens is 202 g/mol. The van der Waals surface area contributed by atoms with E-state index in [1.54, 1.807) is 6.92 Å². The minimum Gasteiger partial charge on any atom is -0.392 e. The van der Waals surface area contributed by atoms with Crippen LogP contribution in [0.25, 0.3) is 0 Å². The predicted octanol–water partition coefficient (Wildman–Crippen LogP) is 1.49. The number of rotatable bonds is 4. The van der Waals surface area contributed by atoms with E-state index in [1.807, 2.05) is 13.0 Å². The van der Waals surface area contributed by atoms with Crippen molar-refractivity contribution in [2.75, 3.05) is 11.9 Å². The van der Waals surface area contributed by atoms with Crippen LogP contribution in [-0.2, 0) is 6.42 Å². The van der Waals surface area contributed by atoms with E-state index in [-0.39, 0.29) is 0 Å². The quantitative estimate of drug-likeness (QED) is 0.799. The zero-order valence-electron chi connectivity index (χ0n) is 8.29. The second kappa shape index (κ2) is 5.12. The van der Waals surface area contributed by atoms with Gasteiger partial charge in [-0.3, -0.25) is 0 Å². The maximum atomic E-state index is 9.06. The van der Waals surface area contributed by atoms with Crippen LogP contribution < -0.4 is 5.32 Å². The summed E-state index contributed by atoms with van der Waals surface area (Å²) in [7, 11) is 0. The van der Waals surface area contributed by atoms with E-state index in [0.717, 1.165) is 12.0 Å². The van der Waals surface area contributed by atoms with Gasteiger partial charge < -0.3 is 10.4 Å². The first-order chi connectivity index (χ1) is 6.63. The molecule has 0 saturated heterocycles. The van der Waals surface area contributed by atoms with Gasteiger partial charge in [-0.1, -0.05) is 18.5 Å². The molecule has 0 amide bonds. The summed E-state index contributed by atoms with van der Waals surface area (Å²) >= 11 is 5.81. The van der Waals surface area contributed by atoms with E-state index in [2.05, 4.69) is 15.5 Å². The lowest BCUT2D eigenvalue weighted by Crippen LogP contribution is -2.16. The molecule has 0 radical (unpaired) electrons. The highest BCUT2D eigenvalue weighted by Gasteiger charge is 2.03. The molecule has 1 rings (SSSR count). The summed E-state index contributed by atoms with van der Waals surface area (Å²) in [6.07, 6.45) is 0.412. The van der Waals surface area contributed by atoms with Crippen LogP contribution in [0.15, 0.2) is 6.07 Å². The molecule has 0 aliphatic rings. The first-order valence-corrected chi connectivity index (χ1v) is 4.95. The number of aliphatic hydroxyl groups excluding tert-OH is 1. The Kier molecular flexibility index (Phi) is 4.10. The highest BCUT2D eigenvalue weighted by atomic mass is 35.5. The maximum Gasteiger partial charge on any atom is 0.155 e. The third kappa shape index (κ3) is 3.12. The lowest BCUT2D eigenvalue weighted by atomic mass is 10.2. The van der Waals surface area contributed by atoms with E-state index < -0.39 is 6.10 Å². The fourth-order valence-electron chi connectivity index (χ4n) is 1.00. The van der Waals surface area contributed by atoms with Crippen molar-refractivity contribution in [2.24, 2.45) is 0 Å². The average Bonchev–Trinajstić information content (AvgIpc) is 2.16. The van der Waals surface area contributed by atoms with Crippen molar-refractivity contribution >= 4 is 17.4 Å². The number of anilines is 1. The third-order valence-corrected chi connectivity index (χ3v) is 2.10. The molecule has 0 spiro atoms. The monoisotopic (exact) mass is 215 g/mol. The Balaban J connectivity index is 2.69. The first kappa shape index (κ1) is 11.2. The van der Waals surface area contributed by atoms with Gasteiger partial charge >= 0.3 is 0 Å². The topological polar surface area (TPSA) is 58.0 Å². The number of aliphatic hydroxyl groups is 1. The molecule has 1 atom stereocenters. The van der Waals surface area contributed by atoms with E-state index in [1.165, 1.54) is 0 Å². The zero-order valence-corrected chi connectivity index (χ0v) is 9.04. The summed E-state index contributed by atoms with van der Waals surface area (Å²) in [5, 5.41) is 20.1. The highest BCUT2D eigenvalue weighted by molar-refractivity contribution is 6.30. The second-order valence-electron chi connectivity index (χ2n) is 3.13. The van der Waals surface area contributed by atoms with Crippen molar-refractivity contribution in [3.63, 3.8) is 0 Å². The van der Waals surface area contributed by atoms with Crippen LogP contribution in [0.4, 0.5) is 5.82 Å². The van der Waals surface area contributed by atoms with Gasteiger partial charge in [0.25, 0.3) is 0 Å². The Labute approximate surface area is 88.3 Å². The Morgan fingerprint density at radius 1 is 1.57 bits per heavy atom. The standard InChI is InChI=1S/C9H14ClN3O/c1-3-7-4-8(11-5-6(2)14)12-13-9(7)10/h4,6,14H,3,5H2,1-2H3,(H,11,12)/t6-/m1/s1. The first-order valence-electron chi connectivity index (χ1n) is 4.57. The molecule has 78 valence electrons. The molecule has 0 saturated carbocycles. The molecule has 0 bridgehead atoms. The van der Waals surface area contributed by atoms with Crippen LogP contribution in [0.5, 0.6) is 0 Å². The SMILES string of the molecule is CCc1cc(NC[C@@H](C)O)nnc1Cl. The Bertz CT molecular complexity index is 304. The lowest BCUT2D eigenvalue weighted by Gasteiger charge is -2.08. The van der Waals surface area contributed by atoms with Crippen molar-refractivity contribution < 1.29 is 5.11 Å². The number of hydrogen-bond donors (Lipinski definition) is 2. The van der Waals surface area contributed by atoms with Crippen molar-refractivity contribution in [1.82, 2.24) is 10.2 Å². The third-order valence-electron chi connectivity index (χ3n) is 1.78. The molecule has 0 aromatic carbocycles. The molecule has 14 heavy (non-hydrogen) atoms. The number of hydrogen-bond acceptors (Lipinski definition) is 4. The normalized spacial score (nSPS) is 12.6. The molecule has 2 N–H and O–H groups in total. The van der Waals surface area contributed by atoms with Gasteiger partial charge in [-0.15, -0.1) is 10.2 Å². The van der Waals surface area contributed by atoms with Gasteiger partial charge in [0.2, 0.25) is 0 Å². The van der Waals surface area contributed by atoms with Crippen molar-refractivity contribution in [3.8, 4) is 0 Å². The Morgan fingerprint density at radius 3 is 2.86 bits per heavy atom. The van der Waals surface area contributed by atoms with E-state index in [4.69, 9.17) is 16.7 Å². The number of aromatic nitrogens is 2. The summed E-state index contributed by atoms with van der Waals surface area (Å²) in [6.45, 7) is 4.16. The van der Waals surface area contributed by atoms with E-state index >= 15 is 0 Å². The van der Waals surface area contributed by atoms with Crippen molar-refractivity contribution in [3.05, 3.63) is 16.8 Å². The molecular formula is C9H14ClN3O.